The van der Waals surface area contributed by atoms with Gasteiger partial charge in [0.25, 0.3) is 0 Å². The number of hydrogen-bond acceptors (Lipinski definition) is 4. The molecule has 0 aliphatic carbocycles. The molecule has 8 heteroatoms. The first kappa shape index (κ1) is 17.2. The summed E-state index contributed by atoms with van der Waals surface area (Å²) in [5.74, 6) is -2.06. The van der Waals surface area contributed by atoms with E-state index < -0.39 is 30.4 Å². The largest absolute Gasteiger partial charge is 0.480 e. The molecule has 5 N–H and O–H groups in total. The van der Waals surface area contributed by atoms with Gasteiger partial charge in [-0.05, 0) is 32.9 Å². The lowest BCUT2D eigenvalue weighted by atomic mass is 10.1. The van der Waals surface area contributed by atoms with Gasteiger partial charge in [-0.25, -0.2) is 9.59 Å². The molecule has 1 aliphatic rings. The summed E-state index contributed by atoms with van der Waals surface area (Å²) in [7, 11) is 0. The van der Waals surface area contributed by atoms with Crippen LogP contribution >= 0.6 is 0 Å². The van der Waals surface area contributed by atoms with Crippen molar-refractivity contribution in [2.24, 2.45) is 5.73 Å². The second-order valence-corrected chi connectivity index (χ2v) is 5.36. The number of aliphatic carboxylic acids is 1. The second kappa shape index (κ2) is 8.46. The highest BCUT2D eigenvalue weighted by molar-refractivity contribution is 5.87. The number of carbonyl (C=O) groups is 3. The fourth-order valence-corrected chi connectivity index (χ4v) is 2.34. The fraction of sp³-hybridized carbons (Fsp3) is 0.769. The van der Waals surface area contributed by atoms with Crippen molar-refractivity contribution >= 4 is 17.9 Å². The second-order valence-electron chi connectivity index (χ2n) is 5.36. The number of primary amides is 1. The highest BCUT2D eigenvalue weighted by atomic mass is 16.4. The highest BCUT2D eigenvalue weighted by Crippen LogP contribution is 2.11. The normalized spacial score (nSPS) is 18.5. The monoisotopic (exact) mass is 300 g/mol. The zero-order chi connectivity index (χ0) is 15.8. The number of nitrogens with zero attached hydrogens (tertiary/aromatic N) is 1. The Morgan fingerprint density at radius 3 is 2.38 bits per heavy atom. The lowest BCUT2D eigenvalue weighted by Gasteiger charge is -2.32. The maximum Gasteiger partial charge on any atom is 0.326 e. The number of carbonyl (C=O) groups excluding carboxylic acids is 2. The number of urea groups is 1. The molecule has 0 saturated carbocycles. The molecule has 3 amide bonds. The minimum Gasteiger partial charge on any atom is -0.480 e. The number of nitrogens with one attached hydrogen (secondary N) is 2. The average molecular weight is 300 g/mol. The molecule has 120 valence electrons. The van der Waals surface area contributed by atoms with Crippen LogP contribution in [0.3, 0.4) is 0 Å². The van der Waals surface area contributed by atoms with Crippen molar-refractivity contribution in [1.29, 1.82) is 0 Å². The van der Waals surface area contributed by atoms with E-state index in [4.69, 9.17) is 10.8 Å². The summed E-state index contributed by atoms with van der Waals surface area (Å²) in [6, 6.07) is -1.71. The summed E-state index contributed by atoms with van der Waals surface area (Å²) in [6.07, 6.45) is 3.14. The predicted octanol–water partition coefficient (Wildman–Crippen LogP) is -0.511. The van der Waals surface area contributed by atoms with Crippen molar-refractivity contribution in [2.45, 2.75) is 44.7 Å². The van der Waals surface area contributed by atoms with Crippen molar-refractivity contribution in [3.63, 3.8) is 0 Å². The van der Waals surface area contributed by atoms with E-state index in [1.807, 2.05) is 6.92 Å². The van der Waals surface area contributed by atoms with E-state index in [9.17, 15) is 14.4 Å². The summed E-state index contributed by atoms with van der Waals surface area (Å²) in [4.78, 5) is 35.6. The topological polar surface area (TPSA) is 125 Å². The third-order valence-corrected chi connectivity index (χ3v) is 3.58. The smallest absolute Gasteiger partial charge is 0.326 e. The third kappa shape index (κ3) is 6.44. The summed E-state index contributed by atoms with van der Waals surface area (Å²) < 4.78 is 0. The fourth-order valence-electron chi connectivity index (χ4n) is 2.34. The average Bonchev–Trinajstić information content (AvgIpc) is 2.44. The first-order chi connectivity index (χ1) is 9.90. The van der Waals surface area contributed by atoms with Crippen LogP contribution < -0.4 is 16.4 Å². The summed E-state index contributed by atoms with van der Waals surface area (Å²) in [6.45, 7) is 4.48. The molecular weight excluding hydrogens is 276 g/mol. The Hall–Kier alpha value is -1.83. The molecule has 1 unspecified atom stereocenters. The van der Waals surface area contributed by atoms with Crippen LogP contribution in [-0.4, -0.2) is 59.6 Å². The number of nitrogens with two attached hydrogens (primary N) is 1. The van der Waals surface area contributed by atoms with Crippen LogP contribution in [0.15, 0.2) is 0 Å². The summed E-state index contributed by atoms with van der Waals surface area (Å²) in [5, 5.41) is 13.8. The van der Waals surface area contributed by atoms with E-state index in [0.29, 0.717) is 6.54 Å². The SMILES string of the molecule is CC(CNC(=O)N[C@@H](CC(N)=O)C(=O)O)N1CCCCC1. The third-order valence-electron chi connectivity index (χ3n) is 3.58. The molecule has 8 nitrogen and oxygen atoms in total. The first-order valence-corrected chi connectivity index (χ1v) is 7.19. The number of carboxylic acids is 1. The number of carboxylic acid groups (broad SMARTS) is 1. The molecule has 0 bridgehead atoms. The molecule has 1 fully saturated rings. The van der Waals surface area contributed by atoms with E-state index in [1.54, 1.807) is 0 Å². The van der Waals surface area contributed by atoms with Crippen LogP contribution in [0, 0.1) is 0 Å². The van der Waals surface area contributed by atoms with Gasteiger partial charge in [-0.3, -0.25) is 9.69 Å². The van der Waals surface area contributed by atoms with Gasteiger partial charge >= 0.3 is 12.0 Å². The Morgan fingerprint density at radius 1 is 1.24 bits per heavy atom. The van der Waals surface area contributed by atoms with Crippen LogP contribution in [-0.2, 0) is 9.59 Å². The Kier molecular flexibility index (Phi) is 6.93. The number of likely N-dealkylation sites (tertiary alicyclic amines) is 1. The van der Waals surface area contributed by atoms with Crippen LogP contribution in [0.5, 0.6) is 0 Å². The van der Waals surface area contributed by atoms with E-state index in [0.717, 1.165) is 25.9 Å². The van der Waals surface area contributed by atoms with Gasteiger partial charge in [0, 0.05) is 12.6 Å². The maximum atomic E-state index is 11.7. The predicted molar refractivity (Wildman–Crippen MR) is 76.7 cm³/mol. The van der Waals surface area contributed by atoms with Crippen molar-refractivity contribution in [3.05, 3.63) is 0 Å². The van der Waals surface area contributed by atoms with Crippen LogP contribution in [0.4, 0.5) is 4.79 Å². The number of amides is 3. The zero-order valence-corrected chi connectivity index (χ0v) is 12.3. The van der Waals surface area contributed by atoms with Crippen molar-refractivity contribution in [2.75, 3.05) is 19.6 Å². The molecule has 0 spiro atoms. The molecule has 2 atom stereocenters. The summed E-state index contributed by atoms with van der Waals surface area (Å²) >= 11 is 0. The Bertz CT molecular complexity index is 382. The number of rotatable bonds is 7. The Labute approximate surface area is 124 Å². The molecule has 1 aliphatic heterocycles. The molecule has 1 rings (SSSR count). The van der Waals surface area contributed by atoms with E-state index in [2.05, 4.69) is 15.5 Å². The van der Waals surface area contributed by atoms with Crippen LogP contribution in [0.1, 0.15) is 32.6 Å². The molecule has 0 aromatic rings. The van der Waals surface area contributed by atoms with Crippen molar-refractivity contribution < 1.29 is 19.5 Å². The molecule has 0 aromatic heterocycles. The quantitative estimate of drug-likeness (QED) is 0.504. The number of piperidine rings is 1. The Balaban J connectivity index is 2.34. The number of hydrogen-bond donors (Lipinski definition) is 4. The van der Waals surface area contributed by atoms with Crippen molar-refractivity contribution in [3.8, 4) is 0 Å². The Morgan fingerprint density at radius 2 is 1.86 bits per heavy atom. The van der Waals surface area contributed by atoms with Gasteiger partial charge in [0.05, 0.1) is 6.42 Å². The standard InChI is InChI=1S/C13H24N4O4/c1-9(17-5-3-2-4-6-17)8-15-13(21)16-10(12(19)20)7-11(14)18/h9-10H,2-8H2,1H3,(H2,14,18)(H,19,20)(H2,15,16,21)/t9?,10-/m0/s1. The molecule has 21 heavy (non-hydrogen) atoms. The zero-order valence-electron chi connectivity index (χ0n) is 12.3. The van der Waals surface area contributed by atoms with Gasteiger partial charge in [-0.1, -0.05) is 6.42 Å². The molecule has 1 saturated heterocycles. The maximum absolute atomic E-state index is 11.7. The molecule has 1 heterocycles. The first-order valence-electron chi connectivity index (χ1n) is 7.19. The highest BCUT2D eigenvalue weighted by Gasteiger charge is 2.23. The van der Waals surface area contributed by atoms with E-state index >= 15 is 0 Å². The minimum absolute atomic E-state index is 0.190. The lowest BCUT2D eigenvalue weighted by molar-refractivity contribution is -0.140. The minimum atomic E-state index is -1.30. The molecule has 0 radical (unpaired) electrons. The van der Waals surface area contributed by atoms with Gasteiger partial charge in [0.15, 0.2) is 0 Å². The lowest BCUT2D eigenvalue weighted by Crippen LogP contribution is -2.51. The van der Waals surface area contributed by atoms with Gasteiger partial charge in [-0.15, -0.1) is 0 Å². The van der Waals surface area contributed by atoms with Gasteiger partial charge in [-0.2, -0.15) is 0 Å². The van der Waals surface area contributed by atoms with Gasteiger partial charge < -0.3 is 21.5 Å². The van der Waals surface area contributed by atoms with Crippen LogP contribution in [0.2, 0.25) is 0 Å². The van der Waals surface area contributed by atoms with Gasteiger partial charge in [0.2, 0.25) is 5.91 Å². The van der Waals surface area contributed by atoms with E-state index in [-0.39, 0.29) is 6.04 Å². The van der Waals surface area contributed by atoms with Crippen LogP contribution in [0.25, 0.3) is 0 Å². The summed E-state index contributed by atoms with van der Waals surface area (Å²) in [5.41, 5.74) is 4.95. The van der Waals surface area contributed by atoms with E-state index in [1.165, 1.54) is 6.42 Å². The molecular formula is C13H24N4O4. The van der Waals surface area contributed by atoms with Gasteiger partial charge in [0.1, 0.15) is 6.04 Å². The van der Waals surface area contributed by atoms with Crippen molar-refractivity contribution in [1.82, 2.24) is 15.5 Å². The molecule has 0 aromatic carbocycles.